The minimum absolute atomic E-state index is 0.0994. The summed E-state index contributed by atoms with van der Waals surface area (Å²) < 4.78 is 0. The number of hydrogen-bond acceptors (Lipinski definition) is 5. The number of aromatic nitrogens is 1. The van der Waals surface area contributed by atoms with Crippen molar-refractivity contribution in [3.05, 3.63) is 21.8 Å². The van der Waals surface area contributed by atoms with E-state index >= 15 is 0 Å². The Labute approximate surface area is 124 Å². The van der Waals surface area contributed by atoms with Gasteiger partial charge in [-0.3, -0.25) is 0 Å². The molecule has 0 fully saturated rings. The first-order valence-corrected chi connectivity index (χ1v) is 6.83. The fourth-order valence-corrected chi connectivity index (χ4v) is 2.32. The maximum Gasteiger partial charge on any atom is 0.149 e. The van der Waals surface area contributed by atoms with Gasteiger partial charge in [-0.1, -0.05) is 18.5 Å². The summed E-state index contributed by atoms with van der Waals surface area (Å²) >= 11 is 6.05. The maximum atomic E-state index is 9.54. The third-order valence-electron chi connectivity index (χ3n) is 2.98. The molecular formula is C14H17ClN4O. The largest absolute Gasteiger partial charge is 0.392 e. The van der Waals surface area contributed by atoms with Crippen LogP contribution in [-0.4, -0.2) is 29.3 Å². The van der Waals surface area contributed by atoms with E-state index in [1.54, 1.807) is 11.8 Å². The second kappa shape index (κ2) is 7.09. The molecule has 6 heteroatoms. The molecule has 1 N–H and O–H groups in total. The Morgan fingerprint density at radius 2 is 1.90 bits per heavy atom. The molecule has 0 radical (unpaired) electrons. The molecule has 1 aromatic rings. The van der Waals surface area contributed by atoms with E-state index in [9.17, 15) is 10.4 Å². The van der Waals surface area contributed by atoms with Crippen molar-refractivity contribution in [1.29, 1.82) is 10.5 Å². The predicted molar refractivity (Wildman–Crippen MR) is 77.6 cm³/mol. The van der Waals surface area contributed by atoms with Crippen molar-refractivity contribution < 1.29 is 5.11 Å². The molecule has 0 saturated heterocycles. The third-order valence-corrected chi connectivity index (χ3v) is 3.25. The minimum Gasteiger partial charge on any atom is -0.392 e. The number of likely N-dealkylation sites (N-methyl/N-ethyl adjacent to an activating group) is 1. The Bertz CT molecular complexity index is 572. The summed E-state index contributed by atoms with van der Waals surface area (Å²) in [6.45, 7) is 6.37. The highest BCUT2D eigenvalue weighted by molar-refractivity contribution is 6.30. The molecule has 20 heavy (non-hydrogen) atoms. The topological polar surface area (TPSA) is 83.9 Å². The lowest BCUT2D eigenvalue weighted by Crippen LogP contribution is -2.32. The van der Waals surface area contributed by atoms with Crippen LogP contribution in [0.25, 0.3) is 0 Å². The first kappa shape index (κ1) is 16.2. The van der Waals surface area contributed by atoms with Crippen molar-refractivity contribution in [2.75, 3.05) is 18.0 Å². The third kappa shape index (κ3) is 3.19. The Hall–Kier alpha value is -1.82. The molecule has 0 aliphatic rings. The molecule has 106 valence electrons. The van der Waals surface area contributed by atoms with Crippen LogP contribution in [0.15, 0.2) is 0 Å². The molecule has 0 bridgehead atoms. The number of pyridine rings is 1. The van der Waals surface area contributed by atoms with Gasteiger partial charge in [0.2, 0.25) is 0 Å². The summed E-state index contributed by atoms with van der Waals surface area (Å²) in [5.41, 5.74) is 1.22. The normalized spacial score (nSPS) is 11.6. The second-order valence-corrected chi connectivity index (χ2v) is 4.78. The molecule has 1 heterocycles. The van der Waals surface area contributed by atoms with Gasteiger partial charge in [-0.25, -0.2) is 4.98 Å². The van der Waals surface area contributed by atoms with Gasteiger partial charge in [0.15, 0.2) is 0 Å². The second-order valence-electron chi connectivity index (χ2n) is 4.42. The fourth-order valence-electron chi connectivity index (χ4n) is 2.09. The van der Waals surface area contributed by atoms with Gasteiger partial charge in [0, 0.05) is 13.1 Å². The number of aliphatic hydroxyl groups excluding tert-OH is 1. The van der Waals surface area contributed by atoms with Gasteiger partial charge in [0.25, 0.3) is 0 Å². The summed E-state index contributed by atoms with van der Waals surface area (Å²) in [6, 6.07) is 4.11. The molecule has 0 amide bonds. The Morgan fingerprint density at radius 1 is 1.30 bits per heavy atom. The summed E-state index contributed by atoms with van der Waals surface area (Å²) in [4.78, 5) is 5.97. The standard InChI is InChI=1S/C14H17ClN4O/c1-4-10-11(6-16)13(15)18-14(12(10)7-17)19(5-2)8-9(3)20/h9,20H,4-5,8H2,1-3H3. The van der Waals surface area contributed by atoms with Gasteiger partial charge >= 0.3 is 0 Å². The van der Waals surface area contributed by atoms with E-state index in [2.05, 4.69) is 11.1 Å². The fraction of sp³-hybridized carbons (Fsp3) is 0.500. The van der Waals surface area contributed by atoms with Crippen LogP contribution in [0.5, 0.6) is 0 Å². The summed E-state index contributed by atoms with van der Waals surface area (Å²) in [5.74, 6) is 0.428. The molecular weight excluding hydrogens is 276 g/mol. The van der Waals surface area contributed by atoms with E-state index in [1.165, 1.54) is 0 Å². The van der Waals surface area contributed by atoms with Crippen molar-refractivity contribution in [3.8, 4) is 12.1 Å². The van der Waals surface area contributed by atoms with E-state index in [4.69, 9.17) is 16.9 Å². The van der Waals surface area contributed by atoms with Crippen molar-refractivity contribution >= 4 is 17.4 Å². The van der Waals surface area contributed by atoms with Gasteiger partial charge in [0.1, 0.15) is 23.1 Å². The number of anilines is 1. The molecule has 0 aliphatic heterocycles. The van der Waals surface area contributed by atoms with Crippen LogP contribution < -0.4 is 4.90 Å². The zero-order chi connectivity index (χ0) is 15.3. The Kier molecular flexibility index (Phi) is 5.76. The van der Waals surface area contributed by atoms with Gasteiger partial charge < -0.3 is 10.0 Å². The lowest BCUT2D eigenvalue weighted by Gasteiger charge is -2.25. The first-order chi connectivity index (χ1) is 9.49. The van der Waals surface area contributed by atoms with E-state index in [0.29, 0.717) is 36.5 Å². The highest BCUT2D eigenvalue weighted by atomic mass is 35.5. The van der Waals surface area contributed by atoms with Crippen molar-refractivity contribution in [2.24, 2.45) is 0 Å². The zero-order valence-corrected chi connectivity index (χ0v) is 12.6. The molecule has 0 saturated carbocycles. The minimum atomic E-state index is -0.553. The highest BCUT2D eigenvalue weighted by Gasteiger charge is 2.21. The Morgan fingerprint density at radius 3 is 2.30 bits per heavy atom. The number of aliphatic hydroxyl groups is 1. The van der Waals surface area contributed by atoms with Crippen LogP contribution in [-0.2, 0) is 6.42 Å². The number of hydrogen-bond donors (Lipinski definition) is 1. The first-order valence-electron chi connectivity index (χ1n) is 6.45. The van der Waals surface area contributed by atoms with Crippen LogP contribution in [0, 0.1) is 22.7 Å². The van der Waals surface area contributed by atoms with Gasteiger partial charge in [0.05, 0.1) is 17.2 Å². The molecule has 0 aromatic carbocycles. The van der Waals surface area contributed by atoms with Crippen LogP contribution in [0.4, 0.5) is 5.82 Å². The number of nitrogens with zero attached hydrogens (tertiary/aromatic N) is 4. The van der Waals surface area contributed by atoms with Crippen LogP contribution in [0.2, 0.25) is 5.15 Å². The van der Waals surface area contributed by atoms with E-state index in [0.717, 1.165) is 0 Å². The number of rotatable bonds is 5. The van der Waals surface area contributed by atoms with Gasteiger partial charge in [-0.15, -0.1) is 0 Å². The lowest BCUT2D eigenvalue weighted by atomic mass is 10.0. The van der Waals surface area contributed by atoms with E-state index < -0.39 is 6.10 Å². The molecule has 0 aliphatic carbocycles. The van der Waals surface area contributed by atoms with E-state index in [1.807, 2.05) is 19.9 Å². The Balaban J connectivity index is 3.52. The van der Waals surface area contributed by atoms with E-state index in [-0.39, 0.29) is 10.7 Å². The molecule has 0 spiro atoms. The smallest absolute Gasteiger partial charge is 0.149 e. The average Bonchev–Trinajstić information content (AvgIpc) is 2.43. The lowest BCUT2D eigenvalue weighted by molar-refractivity contribution is 0.200. The van der Waals surface area contributed by atoms with Crippen molar-refractivity contribution in [3.63, 3.8) is 0 Å². The SMILES string of the molecule is CCc1c(C#N)c(Cl)nc(N(CC)CC(C)O)c1C#N. The van der Waals surface area contributed by atoms with Gasteiger partial charge in [-0.2, -0.15) is 10.5 Å². The van der Waals surface area contributed by atoms with Gasteiger partial charge in [-0.05, 0) is 25.8 Å². The average molecular weight is 293 g/mol. The van der Waals surface area contributed by atoms with Crippen LogP contribution in [0.3, 0.4) is 0 Å². The number of halogens is 1. The molecule has 5 nitrogen and oxygen atoms in total. The maximum absolute atomic E-state index is 9.54. The van der Waals surface area contributed by atoms with Crippen molar-refractivity contribution in [2.45, 2.75) is 33.3 Å². The highest BCUT2D eigenvalue weighted by Crippen LogP contribution is 2.29. The summed E-state index contributed by atoms with van der Waals surface area (Å²) in [5, 5.41) is 28.2. The van der Waals surface area contributed by atoms with Crippen LogP contribution in [0.1, 0.15) is 37.5 Å². The zero-order valence-electron chi connectivity index (χ0n) is 11.8. The summed E-state index contributed by atoms with van der Waals surface area (Å²) in [7, 11) is 0. The quantitative estimate of drug-likeness (QED) is 0.842. The summed E-state index contributed by atoms with van der Waals surface area (Å²) in [6.07, 6.45) is -0.0319. The molecule has 1 atom stereocenters. The molecule has 1 unspecified atom stereocenters. The van der Waals surface area contributed by atoms with Crippen molar-refractivity contribution in [1.82, 2.24) is 4.98 Å². The number of nitriles is 2. The predicted octanol–water partition coefficient (Wildman–Crippen LogP) is 2.25. The molecule has 1 rings (SSSR count). The van der Waals surface area contributed by atoms with Crippen LogP contribution >= 0.6 is 11.6 Å². The monoisotopic (exact) mass is 292 g/mol. The molecule has 1 aromatic heterocycles.